The molecule has 1 amide bonds. The van der Waals surface area contributed by atoms with E-state index in [0.717, 1.165) is 56.7 Å². The first-order chi connectivity index (χ1) is 12.3. The van der Waals surface area contributed by atoms with E-state index in [0.29, 0.717) is 5.92 Å². The second-order valence-electron chi connectivity index (χ2n) is 7.24. The number of amides is 1. The number of carbonyl (C=O) groups excluding carboxylic acids is 1. The van der Waals surface area contributed by atoms with E-state index in [9.17, 15) is 4.79 Å². The molecule has 1 atom stereocenters. The average molecular weight is 335 g/mol. The maximum Gasteiger partial charge on any atom is 0.253 e. The summed E-state index contributed by atoms with van der Waals surface area (Å²) in [4.78, 5) is 14.5. The lowest BCUT2D eigenvalue weighted by Crippen LogP contribution is -2.35. The van der Waals surface area contributed by atoms with E-state index >= 15 is 0 Å². The van der Waals surface area contributed by atoms with E-state index in [1.807, 2.05) is 29.2 Å². The van der Waals surface area contributed by atoms with E-state index in [-0.39, 0.29) is 5.91 Å². The monoisotopic (exact) mass is 335 g/mol. The molecule has 0 bridgehead atoms. The molecule has 2 heterocycles. The highest BCUT2D eigenvalue weighted by atomic mass is 16.5. The van der Waals surface area contributed by atoms with Crippen molar-refractivity contribution >= 4 is 5.91 Å². The number of hydrogen-bond donors (Lipinski definition) is 0. The summed E-state index contributed by atoms with van der Waals surface area (Å²) < 4.78 is 5.89. The highest BCUT2D eigenvalue weighted by Crippen LogP contribution is 2.28. The first-order valence-electron chi connectivity index (χ1n) is 9.38. The molecule has 0 aliphatic carbocycles. The molecule has 2 aromatic rings. The van der Waals surface area contributed by atoms with E-state index in [1.54, 1.807) is 0 Å². The molecule has 0 radical (unpaired) electrons. The van der Waals surface area contributed by atoms with Crippen molar-refractivity contribution in [2.24, 2.45) is 5.92 Å². The fourth-order valence-electron chi connectivity index (χ4n) is 3.92. The Morgan fingerprint density at radius 3 is 2.56 bits per heavy atom. The van der Waals surface area contributed by atoms with E-state index in [2.05, 4.69) is 24.3 Å². The standard InChI is InChI=1S/C22H25NO2/c24-22(23-12-4-1-5-13-23)19-10-8-17(9-11-19)14-18-15-20-6-2-3-7-21(20)25-16-18/h2-3,6-11,18H,1,4-5,12-16H2/t18-/m1/s1. The molecule has 4 rings (SSSR count). The lowest BCUT2D eigenvalue weighted by atomic mass is 9.91. The van der Waals surface area contributed by atoms with E-state index in [4.69, 9.17) is 4.74 Å². The smallest absolute Gasteiger partial charge is 0.253 e. The molecular formula is C22H25NO2. The van der Waals surface area contributed by atoms with Gasteiger partial charge in [-0.05, 0) is 61.4 Å². The van der Waals surface area contributed by atoms with Crippen molar-refractivity contribution in [1.82, 2.24) is 4.90 Å². The van der Waals surface area contributed by atoms with Gasteiger partial charge in [0.25, 0.3) is 5.91 Å². The van der Waals surface area contributed by atoms with Crippen LogP contribution in [0, 0.1) is 5.92 Å². The molecule has 0 N–H and O–H groups in total. The van der Waals surface area contributed by atoms with Gasteiger partial charge in [-0.2, -0.15) is 0 Å². The van der Waals surface area contributed by atoms with E-state index in [1.165, 1.54) is 17.5 Å². The normalized spacial score (nSPS) is 19.8. The summed E-state index contributed by atoms with van der Waals surface area (Å²) in [5.41, 5.74) is 3.40. The van der Waals surface area contributed by atoms with Crippen LogP contribution in [-0.2, 0) is 12.8 Å². The molecule has 2 aromatic carbocycles. The van der Waals surface area contributed by atoms with Crippen molar-refractivity contribution in [3.63, 3.8) is 0 Å². The molecule has 2 aliphatic rings. The van der Waals surface area contributed by atoms with Gasteiger partial charge in [-0.15, -0.1) is 0 Å². The summed E-state index contributed by atoms with van der Waals surface area (Å²) in [5, 5.41) is 0. The summed E-state index contributed by atoms with van der Waals surface area (Å²) in [5.74, 6) is 1.71. The zero-order valence-electron chi connectivity index (χ0n) is 14.6. The van der Waals surface area contributed by atoms with Crippen LogP contribution in [0.5, 0.6) is 5.75 Å². The molecule has 0 saturated carbocycles. The van der Waals surface area contributed by atoms with Crippen molar-refractivity contribution in [3.8, 4) is 5.75 Å². The molecule has 2 aliphatic heterocycles. The Morgan fingerprint density at radius 1 is 1.00 bits per heavy atom. The Balaban J connectivity index is 1.38. The van der Waals surface area contributed by atoms with Crippen molar-refractivity contribution in [2.75, 3.05) is 19.7 Å². The summed E-state index contributed by atoms with van der Waals surface area (Å²) in [6.45, 7) is 2.57. The number of benzene rings is 2. The van der Waals surface area contributed by atoms with Gasteiger partial charge >= 0.3 is 0 Å². The van der Waals surface area contributed by atoms with Gasteiger partial charge in [-0.1, -0.05) is 30.3 Å². The van der Waals surface area contributed by atoms with Gasteiger partial charge in [0.1, 0.15) is 5.75 Å². The fraction of sp³-hybridized carbons (Fsp3) is 0.409. The van der Waals surface area contributed by atoms with Crippen molar-refractivity contribution in [2.45, 2.75) is 32.1 Å². The Labute approximate surface area is 149 Å². The van der Waals surface area contributed by atoms with Crippen LogP contribution in [0.3, 0.4) is 0 Å². The fourth-order valence-corrected chi connectivity index (χ4v) is 3.92. The highest BCUT2D eigenvalue weighted by molar-refractivity contribution is 5.94. The number of ether oxygens (including phenoxy) is 1. The first-order valence-corrected chi connectivity index (χ1v) is 9.38. The zero-order valence-corrected chi connectivity index (χ0v) is 14.6. The minimum absolute atomic E-state index is 0.182. The third-order valence-electron chi connectivity index (χ3n) is 5.32. The molecule has 1 fully saturated rings. The topological polar surface area (TPSA) is 29.5 Å². The number of fused-ring (bicyclic) bond motifs is 1. The van der Waals surface area contributed by atoms with Crippen LogP contribution in [0.4, 0.5) is 0 Å². The molecular weight excluding hydrogens is 310 g/mol. The predicted molar refractivity (Wildman–Crippen MR) is 99.0 cm³/mol. The first kappa shape index (κ1) is 16.2. The van der Waals surface area contributed by atoms with Crippen LogP contribution in [0.1, 0.15) is 40.7 Å². The quantitative estimate of drug-likeness (QED) is 0.845. The molecule has 1 saturated heterocycles. The van der Waals surface area contributed by atoms with Gasteiger partial charge in [-0.3, -0.25) is 4.79 Å². The minimum Gasteiger partial charge on any atom is -0.493 e. The summed E-state index contributed by atoms with van der Waals surface area (Å²) >= 11 is 0. The summed E-state index contributed by atoms with van der Waals surface area (Å²) in [6, 6.07) is 16.5. The third-order valence-corrected chi connectivity index (χ3v) is 5.32. The number of carbonyl (C=O) groups is 1. The maximum atomic E-state index is 12.5. The number of nitrogens with zero attached hydrogens (tertiary/aromatic N) is 1. The lowest BCUT2D eigenvalue weighted by Gasteiger charge is -2.27. The van der Waals surface area contributed by atoms with Crippen LogP contribution in [0.25, 0.3) is 0 Å². The highest BCUT2D eigenvalue weighted by Gasteiger charge is 2.21. The molecule has 3 heteroatoms. The summed E-state index contributed by atoms with van der Waals surface area (Å²) in [7, 11) is 0. The van der Waals surface area contributed by atoms with Gasteiger partial charge in [-0.25, -0.2) is 0 Å². The van der Waals surface area contributed by atoms with Gasteiger partial charge < -0.3 is 9.64 Å². The number of hydrogen-bond acceptors (Lipinski definition) is 2. The second kappa shape index (κ2) is 7.30. The maximum absolute atomic E-state index is 12.5. The number of rotatable bonds is 3. The van der Waals surface area contributed by atoms with Gasteiger partial charge in [0.05, 0.1) is 6.61 Å². The van der Waals surface area contributed by atoms with Crippen molar-refractivity contribution < 1.29 is 9.53 Å². The van der Waals surface area contributed by atoms with Crippen LogP contribution in [-0.4, -0.2) is 30.5 Å². The Hall–Kier alpha value is -2.29. The number of likely N-dealkylation sites (tertiary alicyclic amines) is 1. The Kier molecular flexibility index (Phi) is 4.73. The molecule has 0 spiro atoms. The Morgan fingerprint density at radius 2 is 1.76 bits per heavy atom. The van der Waals surface area contributed by atoms with Crippen LogP contribution >= 0.6 is 0 Å². The largest absolute Gasteiger partial charge is 0.493 e. The molecule has 3 nitrogen and oxygen atoms in total. The van der Waals surface area contributed by atoms with Crippen molar-refractivity contribution in [1.29, 1.82) is 0 Å². The lowest BCUT2D eigenvalue weighted by molar-refractivity contribution is 0.0724. The predicted octanol–water partition coefficient (Wildman–Crippen LogP) is 4.11. The minimum atomic E-state index is 0.182. The SMILES string of the molecule is O=C(c1ccc(C[C@H]2COc3ccccc3C2)cc1)N1CCCCC1. The molecule has 130 valence electrons. The molecule has 25 heavy (non-hydrogen) atoms. The van der Waals surface area contributed by atoms with Gasteiger partial charge in [0.15, 0.2) is 0 Å². The van der Waals surface area contributed by atoms with Crippen molar-refractivity contribution in [3.05, 3.63) is 65.2 Å². The molecule has 0 aromatic heterocycles. The van der Waals surface area contributed by atoms with Gasteiger partial charge in [0.2, 0.25) is 0 Å². The average Bonchev–Trinajstić information content (AvgIpc) is 2.69. The van der Waals surface area contributed by atoms with Gasteiger partial charge in [0, 0.05) is 24.6 Å². The second-order valence-corrected chi connectivity index (χ2v) is 7.24. The summed E-state index contributed by atoms with van der Waals surface area (Å²) in [6.07, 6.45) is 5.56. The zero-order chi connectivity index (χ0) is 17.1. The number of para-hydroxylation sites is 1. The van der Waals surface area contributed by atoms with Crippen LogP contribution in [0.2, 0.25) is 0 Å². The number of piperidine rings is 1. The van der Waals surface area contributed by atoms with Crippen LogP contribution in [0.15, 0.2) is 48.5 Å². The Bertz CT molecular complexity index is 732. The van der Waals surface area contributed by atoms with E-state index < -0.39 is 0 Å². The third kappa shape index (κ3) is 3.71. The van der Waals surface area contributed by atoms with Crippen LogP contribution < -0.4 is 4.74 Å². The molecule has 0 unspecified atom stereocenters.